The molecule has 0 amide bonds. The van der Waals surface area contributed by atoms with Crippen LogP contribution in [0, 0.1) is 5.92 Å². The van der Waals surface area contributed by atoms with E-state index in [4.69, 9.17) is 0 Å². The second-order valence-corrected chi connectivity index (χ2v) is 7.43. The summed E-state index contributed by atoms with van der Waals surface area (Å²) in [6.45, 7) is 5.39. The lowest BCUT2D eigenvalue weighted by atomic mass is 9.91. The summed E-state index contributed by atoms with van der Waals surface area (Å²) in [5.41, 5.74) is 0.526. The van der Waals surface area contributed by atoms with Crippen molar-refractivity contribution in [2.24, 2.45) is 5.92 Å². The normalized spacial score (nSPS) is 21.3. The van der Waals surface area contributed by atoms with E-state index in [1.807, 2.05) is 19.9 Å². The first-order valence-corrected chi connectivity index (χ1v) is 8.62. The zero-order valence-electron chi connectivity index (χ0n) is 14.2. The van der Waals surface area contributed by atoms with Crippen molar-refractivity contribution in [3.05, 3.63) is 24.0 Å². The molecule has 7 heteroatoms. The SMILES string of the molecule is CC(C)(O)[C@@H]1CCN(c2nccc(Nc3cc(C4CC4)[nH]n3)n2)C1. The summed E-state index contributed by atoms with van der Waals surface area (Å²) in [4.78, 5) is 11.1. The Bertz CT molecular complexity index is 718. The van der Waals surface area contributed by atoms with Gasteiger partial charge in [0.15, 0.2) is 5.82 Å². The third-order valence-electron chi connectivity index (χ3n) is 4.98. The summed E-state index contributed by atoms with van der Waals surface area (Å²) >= 11 is 0. The zero-order valence-corrected chi connectivity index (χ0v) is 14.2. The minimum absolute atomic E-state index is 0.241. The predicted molar refractivity (Wildman–Crippen MR) is 92.5 cm³/mol. The maximum atomic E-state index is 10.2. The fourth-order valence-electron chi connectivity index (χ4n) is 3.22. The first-order valence-electron chi connectivity index (χ1n) is 8.62. The zero-order chi connectivity index (χ0) is 16.7. The van der Waals surface area contributed by atoms with Crippen LogP contribution in [0.5, 0.6) is 0 Å². The van der Waals surface area contributed by atoms with Crippen LogP contribution in [0.25, 0.3) is 0 Å². The third kappa shape index (κ3) is 3.21. The van der Waals surface area contributed by atoms with Gasteiger partial charge in [-0.25, -0.2) is 4.98 Å². The molecular weight excluding hydrogens is 304 g/mol. The molecule has 0 spiro atoms. The topological polar surface area (TPSA) is 90.0 Å². The Kier molecular flexibility index (Phi) is 3.68. The number of hydrogen-bond donors (Lipinski definition) is 3. The van der Waals surface area contributed by atoms with Gasteiger partial charge >= 0.3 is 0 Å². The third-order valence-corrected chi connectivity index (χ3v) is 4.98. The van der Waals surface area contributed by atoms with Gasteiger partial charge in [-0.05, 0) is 39.2 Å². The molecule has 24 heavy (non-hydrogen) atoms. The molecule has 0 radical (unpaired) electrons. The lowest BCUT2D eigenvalue weighted by Gasteiger charge is -2.25. The molecule has 3 N–H and O–H groups in total. The summed E-state index contributed by atoms with van der Waals surface area (Å²) in [5.74, 6) is 3.12. The van der Waals surface area contributed by atoms with Crippen molar-refractivity contribution < 1.29 is 5.11 Å². The van der Waals surface area contributed by atoms with Gasteiger partial charge in [0, 0.05) is 42.9 Å². The van der Waals surface area contributed by atoms with E-state index in [1.165, 1.54) is 18.5 Å². The summed E-state index contributed by atoms with van der Waals surface area (Å²) in [7, 11) is 0. The van der Waals surface area contributed by atoms with Gasteiger partial charge in [-0.3, -0.25) is 5.10 Å². The largest absolute Gasteiger partial charge is 0.390 e. The van der Waals surface area contributed by atoms with Crippen LogP contribution in [-0.2, 0) is 0 Å². The van der Waals surface area contributed by atoms with Gasteiger partial charge in [-0.15, -0.1) is 0 Å². The van der Waals surface area contributed by atoms with E-state index >= 15 is 0 Å². The van der Waals surface area contributed by atoms with Crippen LogP contribution in [0.1, 0.15) is 44.7 Å². The van der Waals surface area contributed by atoms with Gasteiger partial charge in [0.25, 0.3) is 0 Å². The van der Waals surface area contributed by atoms with Crippen molar-refractivity contribution in [2.45, 2.75) is 44.6 Å². The molecule has 0 aromatic carbocycles. The second kappa shape index (κ2) is 5.73. The van der Waals surface area contributed by atoms with E-state index in [-0.39, 0.29) is 5.92 Å². The predicted octanol–water partition coefficient (Wildman–Crippen LogP) is 2.42. The van der Waals surface area contributed by atoms with Gasteiger partial charge in [-0.1, -0.05) is 0 Å². The van der Waals surface area contributed by atoms with Crippen molar-refractivity contribution in [1.29, 1.82) is 0 Å². The lowest BCUT2D eigenvalue weighted by molar-refractivity contribution is 0.0263. The first kappa shape index (κ1) is 15.4. The van der Waals surface area contributed by atoms with E-state index in [0.29, 0.717) is 11.9 Å². The highest BCUT2D eigenvalue weighted by Crippen LogP contribution is 2.39. The van der Waals surface area contributed by atoms with E-state index in [9.17, 15) is 5.11 Å². The monoisotopic (exact) mass is 328 g/mol. The molecule has 128 valence electrons. The van der Waals surface area contributed by atoms with Crippen molar-refractivity contribution in [2.75, 3.05) is 23.3 Å². The van der Waals surface area contributed by atoms with Crippen LogP contribution in [-0.4, -0.2) is 44.0 Å². The number of nitrogens with one attached hydrogen (secondary N) is 2. The van der Waals surface area contributed by atoms with Crippen LogP contribution in [0.2, 0.25) is 0 Å². The highest BCUT2D eigenvalue weighted by molar-refractivity contribution is 5.53. The quantitative estimate of drug-likeness (QED) is 0.781. The number of aliphatic hydroxyl groups is 1. The molecule has 0 unspecified atom stereocenters. The van der Waals surface area contributed by atoms with Crippen molar-refractivity contribution >= 4 is 17.6 Å². The van der Waals surface area contributed by atoms with E-state index in [0.717, 1.165) is 31.1 Å². The van der Waals surface area contributed by atoms with Gasteiger partial charge in [0.05, 0.1) is 5.60 Å². The van der Waals surface area contributed by atoms with Gasteiger partial charge < -0.3 is 15.3 Å². The maximum absolute atomic E-state index is 10.2. The average Bonchev–Trinajstić information content (AvgIpc) is 3.08. The number of H-pyrrole nitrogens is 1. The maximum Gasteiger partial charge on any atom is 0.227 e. The molecule has 2 aromatic heterocycles. The number of anilines is 3. The smallest absolute Gasteiger partial charge is 0.227 e. The van der Waals surface area contributed by atoms with Crippen LogP contribution < -0.4 is 10.2 Å². The standard InChI is InChI=1S/C17H24N6O/c1-17(2,24)12-6-8-23(10-12)16-18-7-5-14(20-16)19-15-9-13(21-22-15)11-3-4-11/h5,7,9,11-12,24H,3-4,6,8,10H2,1-2H3,(H2,18,19,20,21,22)/t12-/m1/s1. The number of aromatic amines is 1. The summed E-state index contributed by atoms with van der Waals surface area (Å²) in [6, 6.07) is 3.90. The van der Waals surface area contributed by atoms with Crippen LogP contribution in [0.4, 0.5) is 17.6 Å². The Labute approximate surface area is 141 Å². The molecule has 1 atom stereocenters. The Morgan fingerprint density at radius 3 is 2.83 bits per heavy atom. The molecule has 2 fully saturated rings. The number of aromatic nitrogens is 4. The molecule has 1 saturated heterocycles. The van der Waals surface area contributed by atoms with E-state index in [2.05, 4.69) is 36.4 Å². The Balaban J connectivity index is 1.45. The first-order chi connectivity index (χ1) is 11.5. The van der Waals surface area contributed by atoms with Crippen molar-refractivity contribution in [3.63, 3.8) is 0 Å². The number of hydrogen-bond acceptors (Lipinski definition) is 6. The Morgan fingerprint density at radius 2 is 2.12 bits per heavy atom. The summed E-state index contributed by atoms with van der Waals surface area (Å²) in [6.07, 6.45) is 5.21. The van der Waals surface area contributed by atoms with Crippen molar-refractivity contribution in [1.82, 2.24) is 20.2 Å². The fourth-order valence-corrected chi connectivity index (χ4v) is 3.22. The van der Waals surface area contributed by atoms with Crippen LogP contribution in [0.3, 0.4) is 0 Å². The highest BCUT2D eigenvalue weighted by Gasteiger charge is 2.34. The molecule has 1 aliphatic heterocycles. The summed E-state index contributed by atoms with van der Waals surface area (Å²) in [5, 5.41) is 20.8. The molecule has 2 aromatic rings. The van der Waals surface area contributed by atoms with Crippen LogP contribution in [0.15, 0.2) is 18.3 Å². The van der Waals surface area contributed by atoms with E-state index in [1.54, 1.807) is 6.20 Å². The summed E-state index contributed by atoms with van der Waals surface area (Å²) < 4.78 is 0. The molecule has 3 heterocycles. The van der Waals surface area contributed by atoms with E-state index < -0.39 is 5.60 Å². The second-order valence-electron chi connectivity index (χ2n) is 7.43. The average molecular weight is 328 g/mol. The molecule has 2 aliphatic rings. The number of rotatable bonds is 5. The molecule has 7 nitrogen and oxygen atoms in total. The fraction of sp³-hybridized carbons (Fsp3) is 0.588. The molecule has 4 rings (SSSR count). The molecule has 1 saturated carbocycles. The minimum Gasteiger partial charge on any atom is -0.390 e. The lowest BCUT2D eigenvalue weighted by Crippen LogP contribution is -2.33. The minimum atomic E-state index is -0.668. The molecule has 1 aliphatic carbocycles. The Hall–Kier alpha value is -2.15. The van der Waals surface area contributed by atoms with Crippen molar-refractivity contribution in [3.8, 4) is 0 Å². The van der Waals surface area contributed by atoms with Gasteiger partial charge in [0.1, 0.15) is 5.82 Å². The Morgan fingerprint density at radius 1 is 1.29 bits per heavy atom. The highest BCUT2D eigenvalue weighted by atomic mass is 16.3. The van der Waals surface area contributed by atoms with Gasteiger partial charge in [-0.2, -0.15) is 10.1 Å². The molecular formula is C17H24N6O. The van der Waals surface area contributed by atoms with Gasteiger partial charge in [0.2, 0.25) is 5.95 Å². The van der Waals surface area contributed by atoms with Crippen LogP contribution >= 0.6 is 0 Å². The number of nitrogens with zero attached hydrogens (tertiary/aromatic N) is 4. The molecule has 0 bridgehead atoms.